The van der Waals surface area contributed by atoms with Gasteiger partial charge in [-0.15, -0.1) is 0 Å². The first-order valence-electron chi connectivity index (χ1n) is 10.4. The first kappa shape index (κ1) is 28.2. The van der Waals surface area contributed by atoms with Crippen LogP contribution in [0.3, 0.4) is 0 Å². The summed E-state index contributed by atoms with van der Waals surface area (Å²) < 4.78 is 24.9. The van der Waals surface area contributed by atoms with Crippen molar-refractivity contribution in [1.29, 1.82) is 0 Å². The summed E-state index contributed by atoms with van der Waals surface area (Å²) in [6, 6.07) is 0.651. The van der Waals surface area contributed by atoms with Crippen molar-refractivity contribution in [2.24, 2.45) is 0 Å². The third-order valence-corrected chi connectivity index (χ3v) is 9.83. The van der Waals surface area contributed by atoms with Crippen LogP contribution in [0, 0.1) is 0 Å². The molecule has 0 saturated carbocycles. The van der Waals surface area contributed by atoms with Gasteiger partial charge in [-0.3, -0.25) is 4.79 Å². The molecule has 0 aliphatic rings. The Balaban J connectivity index is 5.13. The molecule has 0 rings (SSSR count). The maximum absolute atomic E-state index is 12.8. The Bertz CT molecular complexity index is 526. The lowest BCUT2D eigenvalue weighted by atomic mass is 10.4. The number of nitrogens with zero attached hydrogens (tertiary/aromatic N) is 1. The minimum absolute atomic E-state index is 0.159. The van der Waals surface area contributed by atoms with Crippen molar-refractivity contribution in [1.82, 2.24) is 4.57 Å². The summed E-state index contributed by atoms with van der Waals surface area (Å²) in [4.78, 5) is 24.7. The van der Waals surface area contributed by atoms with Gasteiger partial charge in [-0.25, -0.2) is 4.79 Å². The minimum Gasteiger partial charge on any atom is -0.517 e. The largest absolute Gasteiger partial charge is 0.517 e. The van der Waals surface area contributed by atoms with Gasteiger partial charge in [0.25, 0.3) is 0 Å². The number of hydrogen-bond donors (Lipinski definition) is 0. The summed E-state index contributed by atoms with van der Waals surface area (Å²) >= 11 is 0. The predicted octanol–water partition coefficient (Wildman–Crippen LogP) is 4.02. The van der Waals surface area contributed by atoms with Gasteiger partial charge < -0.3 is 22.3 Å². The first-order chi connectivity index (χ1) is 13.3. The zero-order valence-corrected chi connectivity index (χ0v) is 22.8. The highest BCUT2D eigenvalue weighted by Crippen LogP contribution is 2.20. The molecule has 0 bridgehead atoms. The molecule has 7 nitrogen and oxygen atoms in total. The summed E-state index contributed by atoms with van der Waals surface area (Å²) in [5, 5.41) is 0. The van der Waals surface area contributed by atoms with E-state index in [1.807, 2.05) is 45.0 Å². The molecule has 0 heterocycles. The van der Waals surface area contributed by atoms with Crippen molar-refractivity contribution >= 4 is 37.2 Å². The SMILES string of the molecule is CCO[Si](CCCN(C(=O)/C=C\C(=O)O[Si](C)(C)C)[Si](C)(C)C)(OCC)OCC. The van der Waals surface area contributed by atoms with Crippen LogP contribution in [0.15, 0.2) is 12.2 Å². The Morgan fingerprint density at radius 3 is 1.69 bits per heavy atom. The van der Waals surface area contributed by atoms with Gasteiger partial charge in [-0.1, -0.05) is 19.6 Å². The van der Waals surface area contributed by atoms with E-state index in [4.69, 9.17) is 17.7 Å². The van der Waals surface area contributed by atoms with Gasteiger partial charge in [0.15, 0.2) is 8.24 Å². The van der Waals surface area contributed by atoms with Crippen molar-refractivity contribution in [3.05, 3.63) is 12.2 Å². The van der Waals surface area contributed by atoms with E-state index in [1.165, 1.54) is 12.2 Å². The zero-order valence-electron chi connectivity index (χ0n) is 19.8. The van der Waals surface area contributed by atoms with Crippen molar-refractivity contribution in [2.75, 3.05) is 26.4 Å². The Labute approximate surface area is 180 Å². The van der Waals surface area contributed by atoms with E-state index < -0.39 is 31.3 Å². The third-order valence-electron chi connectivity index (χ3n) is 3.80. The van der Waals surface area contributed by atoms with Crippen LogP contribution in [-0.4, -0.2) is 68.2 Å². The second-order valence-corrected chi connectivity index (χ2v) is 20.7. The normalized spacial score (nSPS) is 13.0. The molecule has 0 unspecified atom stereocenters. The summed E-state index contributed by atoms with van der Waals surface area (Å²) in [5.41, 5.74) is 0. The van der Waals surface area contributed by atoms with Crippen molar-refractivity contribution < 1.29 is 27.3 Å². The molecule has 0 aliphatic carbocycles. The highest BCUT2D eigenvalue weighted by molar-refractivity contribution is 6.75. The van der Waals surface area contributed by atoms with E-state index in [1.54, 1.807) is 0 Å². The summed E-state index contributed by atoms with van der Waals surface area (Å²) in [5.74, 6) is -0.614. The molecular weight excluding hydrogens is 422 g/mol. The topological polar surface area (TPSA) is 74.3 Å². The Hall–Kier alpha value is -0.789. The predicted molar refractivity (Wildman–Crippen MR) is 124 cm³/mol. The molecule has 0 aromatic carbocycles. The molecule has 0 fully saturated rings. The van der Waals surface area contributed by atoms with Gasteiger partial charge >= 0.3 is 14.8 Å². The fraction of sp³-hybridized carbons (Fsp3) is 0.789. The van der Waals surface area contributed by atoms with E-state index >= 15 is 0 Å². The van der Waals surface area contributed by atoms with Crippen LogP contribution in [0.4, 0.5) is 0 Å². The number of amides is 1. The van der Waals surface area contributed by atoms with Crippen LogP contribution < -0.4 is 0 Å². The van der Waals surface area contributed by atoms with Crippen LogP contribution in [0.1, 0.15) is 27.2 Å². The molecule has 0 aromatic heterocycles. The second-order valence-electron chi connectivity index (χ2n) is 8.61. The summed E-state index contributed by atoms with van der Waals surface area (Å²) in [6.45, 7) is 20.1. The Morgan fingerprint density at radius 2 is 1.31 bits per heavy atom. The molecule has 0 aliphatic heterocycles. The quantitative estimate of drug-likeness (QED) is 0.286. The molecule has 1 amide bonds. The summed E-state index contributed by atoms with van der Waals surface area (Å²) in [7, 11) is -6.64. The number of rotatable bonds is 14. The number of carbonyl (C=O) groups is 2. The minimum atomic E-state index is -2.73. The van der Waals surface area contributed by atoms with E-state index in [-0.39, 0.29) is 5.91 Å². The molecule has 0 spiro atoms. The van der Waals surface area contributed by atoms with Gasteiger partial charge in [0, 0.05) is 44.6 Å². The van der Waals surface area contributed by atoms with Gasteiger partial charge in [0.2, 0.25) is 14.2 Å². The molecule has 0 saturated heterocycles. The molecule has 0 aromatic rings. The maximum Gasteiger partial charge on any atom is 0.500 e. The Kier molecular flexibility index (Phi) is 12.5. The van der Waals surface area contributed by atoms with Gasteiger partial charge in [0.05, 0.1) is 0 Å². The van der Waals surface area contributed by atoms with Gasteiger partial charge in [0.1, 0.15) is 0 Å². The second kappa shape index (κ2) is 12.8. The average molecular weight is 464 g/mol. The molecule has 170 valence electrons. The smallest absolute Gasteiger partial charge is 0.500 e. The number of carbonyl (C=O) groups excluding carboxylic acids is 2. The highest BCUT2D eigenvalue weighted by atomic mass is 28.4. The fourth-order valence-corrected chi connectivity index (χ4v) is 7.63. The van der Waals surface area contributed by atoms with E-state index in [0.717, 1.165) is 6.42 Å². The fourth-order valence-electron chi connectivity index (χ4n) is 2.80. The summed E-state index contributed by atoms with van der Waals surface area (Å²) in [6.07, 6.45) is 3.29. The van der Waals surface area contributed by atoms with E-state index in [9.17, 15) is 9.59 Å². The van der Waals surface area contributed by atoms with Gasteiger partial charge in [-0.05, 0) is 46.8 Å². The average Bonchev–Trinajstić information content (AvgIpc) is 2.55. The monoisotopic (exact) mass is 463 g/mol. The molecule has 10 heteroatoms. The first-order valence-corrected chi connectivity index (χ1v) is 19.2. The van der Waals surface area contributed by atoms with Crippen molar-refractivity contribution in [3.8, 4) is 0 Å². The molecule has 0 atom stereocenters. The molecule has 29 heavy (non-hydrogen) atoms. The van der Waals surface area contributed by atoms with Crippen LogP contribution >= 0.6 is 0 Å². The van der Waals surface area contributed by atoms with Crippen molar-refractivity contribution in [3.63, 3.8) is 0 Å². The highest BCUT2D eigenvalue weighted by Gasteiger charge is 2.40. The lowest BCUT2D eigenvalue weighted by molar-refractivity contribution is -0.130. The van der Waals surface area contributed by atoms with E-state index in [0.29, 0.717) is 32.4 Å². The van der Waals surface area contributed by atoms with Crippen LogP contribution in [0.25, 0.3) is 0 Å². The standard InChI is InChI=1S/C19H41NO6Si3/c1-10-23-29(24-11-2,25-12-3)17-13-16-20(27(4,5)6)18(21)14-15-19(22)26-28(7,8)9/h14-15H,10-13,16-17H2,1-9H3/b15-14-. The van der Waals surface area contributed by atoms with E-state index in [2.05, 4.69) is 19.6 Å². The molecule has 0 N–H and O–H groups in total. The van der Waals surface area contributed by atoms with Crippen LogP contribution in [0.5, 0.6) is 0 Å². The van der Waals surface area contributed by atoms with Gasteiger partial charge in [-0.2, -0.15) is 0 Å². The lowest BCUT2D eigenvalue weighted by Gasteiger charge is -2.35. The maximum atomic E-state index is 12.8. The van der Waals surface area contributed by atoms with Crippen LogP contribution in [0.2, 0.25) is 45.3 Å². The third kappa shape index (κ3) is 11.8. The number of hydrogen-bond acceptors (Lipinski definition) is 6. The zero-order chi connectivity index (χ0) is 22.7. The lowest BCUT2D eigenvalue weighted by Crippen LogP contribution is -2.51. The molecule has 0 radical (unpaired) electrons. The van der Waals surface area contributed by atoms with Crippen LogP contribution in [-0.2, 0) is 27.3 Å². The Morgan fingerprint density at radius 1 is 0.828 bits per heavy atom. The van der Waals surface area contributed by atoms with Crippen molar-refractivity contribution in [2.45, 2.75) is 72.5 Å². The molecular formula is C19H41NO6Si3.